The number of aromatic nitrogens is 2. The lowest BCUT2D eigenvalue weighted by Crippen LogP contribution is -2.32. The van der Waals surface area contributed by atoms with Gasteiger partial charge in [0.2, 0.25) is 5.91 Å². The van der Waals surface area contributed by atoms with Gasteiger partial charge in [0.1, 0.15) is 0 Å². The van der Waals surface area contributed by atoms with E-state index in [-0.39, 0.29) is 18.3 Å². The molecule has 0 bridgehead atoms. The molecule has 0 fully saturated rings. The fraction of sp³-hybridized carbons (Fsp3) is 0.412. The minimum Gasteiger partial charge on any atom is -0.538 e. The molecule has 0 aliphatic heterocycles. The normalized spacial score (nSPS) is 10.5. The smallest absolute Gasteiger partial charge is 0.338 e. The number of esters is 1. The Bertz CT molecular complexity index is 726. The summed E-state index contributed by atoms with van der Waals surface area (Å²) in [5.41, 5.74) is 1.03. The number of hydrogen-bond acceptors (Lipinski definition) is 7. The molecule has 1 N–H and O–H groups in total. The van der Waals surface area contributed by atoms with Crippen LogP contribution in [0.1, 0.15) is 36.5 Å². The van der Waals surface area contributed by atoms with E-state index in [1.807, 2.05) is 6.92 Å². The van der Waals surface area contributed by atoms with E-state index in [0.717, 1.165) is 12.8 Å². The topological polar surface area (TPSA) is 108 Å². The van der Waals surface area contributed by atoms with Crippen molar-refractivity contribution in [3.05, 3.63) is 29.8 Å². The van der Waals surface area contributed by atoms with E-state index in [0.29, 0.717) is 28.6 Å². The van der Waals surface area contributed by atoms with Crippen molar-refractivity contribution >= 4 is 29.3 Å². The van der Waals surface area contributed by atoms with Gasteiger partial charge in [-0.3, -0.25) is 4.79 Å². The molecule has 2 rings (SSSR count). The number of ether oxygens (including phenoxy) is 1. The molecule has 9 heteroatoms. The Morgan fingerprint density at radius 1 is 1.35 bits per heavy atom. The van der Waals surface area contributed by atoms with Gasteiger partial charge in [-0.25, -0.2) is 4.79 Å². The van der Waals surface area contributed by atoms with Gasteiger partial charge in [-0.15, -0.1) is 0 Å². The molecule has 1 heterocycles. The summed E-state index contributed by atoms with van der Waals surface area (Å²) in [7, 11) is 1.60. The van der Waals surface area contributed by atoms with Crippen molar-refractivity contribution in [1.82, 2.24) is 5.27 Å². The van der Waals surface area contributed by atoms with Crippen LogP contribution in [0.2, 0.25) is 0 Å². The molecule has 1 amide bonds. The minimum atomic E-state index is -0.515. The van der Waals surface area contributed by atoms with E-state index in [2.05, 4.69) is 15.1 Å². The molecule has 0 radical (unpaired) electrons. The number of benzene rings is 1. The second-order valence-corrected chi connectivity index (χ2v) is 6.59. The van der Waals surface area contributed by atoms with Gasteiger partial charge in [0.25, 0.3) is 5.03 Å². The summed E-state index contributed by atoms with van der Waals surface area (Å²) in [5, 5.41) is 18.0. The maximum Gasteiger partial charge on any atom is 0.338 e. The molecule has 0 unspecified atom stereocenters. The molecule has 140 valence electrons. The van der Waals surface area contributed by atoms with Gasteiger partial charge < -0.3 is 19.7 Å². The van der Waals surface area contributed by atoms with Crippen LogP contribution in [0.4, 0.5) is 5.69 Å². The predicted octanol–water partition coefficient (Wildman–Crippen LogP) is 1.65. The third kappa shape index (κ3) is 5.76. The summed E-state index contributed by atoms with van der Waals surface area (Å²) >= 11 is 1.21. The van der Waals surface area contributed by atoms with E-state index < -0.39 is 5.95 Å². The highest BCUT2D eigenvalue weighted by Crippen LogP contribution is 2.22. The highest BCUT2D eigenvalue weighted by atomic mass is 32.2. The van der Waals surface area contributed by atoms with Crippen molar-refractivity contribution < 1.29 is 28.6 Å². The number of amides is 1. The van der Waals surface area contributed by atoms with Crippen LogP contribution in [0.5, 0.6) is 5.95 Å². The van der Waals surface area contributed by atoms with Crippen LogP contribution in [0.15, 0.2) is 33.8 Å². The Morgan fingerprint density at radius 2 is 2.08 bits per heavy atom. The Balaban J connectivity index is 1.77. The monoisotopic (exact) mass is 379 g/mol. The lowest BCUT2D eigenvalue weighted by atomic mass is 10.2. The highest BCUT2D eigenvalue weighted by molar-refractivity contribution is 7.99. The number of hydrogen-bond donors (Lipinski definition) is 1. The SMILES string of the molecule is CCCCOC(=O)c1ccc(NC(=O)CCSc2c([O-])on[n+]2C)cc1. The fourth-order valence-corrected chi connectivity index (χ4v) is 2.86. The zero-order chi connectivity index (χ0) is 18.9. The van der Waals surface area contributed by atoms with Gasteiger partial charge in [0.05, 0.1) is 17.4 Å². The Kier molecular flexibility index (Phi) is 7.46. The first kappa shape index (κ1) is 19.8. The van der Waals surface area contributed by atoms with E-state index in [1.54, 1.807) is 31.3 Å². The van der Waals surface area contributed by atoms with Crippen LogP contribution < -0.4 is 15.1 Å². The van der Waals surface area contributed by atoms with E-state index in [1.165, 1.54) is 16.4 Å². The Morgan fingerprint density at radius 3 is 2.69 bits per heavy atom. The van der Waals surface area contributed by atoms with E-state index in [9.17, 15) is 14.7 Å². The zero-order valence-corrected chi connectivity index (χ0v) is 15.5. The van der Waals surface area contributed by atoms with Crippen molar-refractivity contribution in [3.8, 4) is 5.95 Å². The number of unbranched alkanes of at least 4 members (excludes halogenated alkanes) is 1. The first-order valence-electron chi connectivity index (χ1n) is 8.24. The maximum atomic E-state index is 12.0. The number of carbonyl (C=O) groups is 2. The number of carbonyl (C=O) groups excluding carboxylic acids is 2. The summed E-state index contributed by atoms with van der Waals surface area (Å²) in [6.45, 7) is 2.43. The summed E-state index contributed by atoms with van der Waals surface area (Å²) in [6, 6.07) is 6.52. The number of nitrogens with one attached hydrogen (secondary N) is 1. The van der Waals surface area contributed by atoms with Crippen molar-refractivity contribution in [3.63, 3.8) is 0 Å². The van der Waals surface area contributed by atoms with Gasteiger partial charge in [-0.2, -0.15) is 0 Å². The first-order chi connectivity index (χ1) is 12.5. The molecule has 0 spiro atoms. The van der Waals surface area contributed by atoms with Crippen LogP contribution >= 0.6 is 11.8 Å². The molecule has 0 aliphatic carbocycles. The quantitative estimate of drug-likeness (QED) is 0.305. The molecular formula is C17H21N3O5S. The lowest BCUT2D eigenvalue weighted by molar-refractivity contribution is -0.772. The van der Waals surface area contributed by atoms with Crippen LogP contribution in [-0.4, -0.2) is 29.5 Å². The molecular weight excluding hydrogens is 358 g/mol. The number of rotatable bonds is 9. The summed E-state index contributed by atoms with van der Waals surface area (Å²) in [5.74, 6) is -0.665. The van der Waals surface area contributed by atoms with Crippen LogP contribution in [-0.2, 0) is 16.6 Å². The van der Waals surface area contributed by atoms with Crippen molar-refractivity contribution in [1.29, 1.82) is 0 Å². The predicted molar refractivity (Wildman–Crippen MR) is 92.7 cm³/mol. The number of nitrogens with zero attached hydrogens (tertiary/aromatic N) is 2. The molecule has 0 saturated heterocycles. The highest BCUT2D eigenvalue weighted by Gasteiger charge is 2.14. The lowest BCUT2D eigenvalue weighted by Gasteiger charge is -2.07. The van der Waals surface area contributed by atoms with Crippen LogP contribution in [0, 0.1) is 0 Å². The number of thioether (sulfide) groups is 1. The first-order valence-corrected chi connectivity index (χ1v) is 9.22. The van der Waals surface area contributed by atoms with E-state index >= 15 is 0 Å². The molecule has 1 aromatic heterocycles. The number of aryl methyl sites for hydroxylation is 1. The summed E-state index contributed by atoms with van der Waals surface area (Å²) in [4.78, 5) is 23.8. The van der Waals surface area contributed by atoms with Crippen LogP contribution in [0.3, 0.4) is 0 Å². The third-order valence-corrected chi connectivity index (χ3v) is 4.53. The number of anilines is 1. The molecule has 0 atom stereocenters. The molecule has 1 aromatic carbocycles. The van der Waals surface area contributed by atoms with Gasteiger partial charge in [-0.05, 0) is 30.7 Å². The largest absolute Gasteiger partial charge is 0.538 e. The van der Waals surface area contributed by atoms with Crippen molar-refractivity contribution in [2.24, 2.45) is 7.05 Å². The second kappa shape index (κ2) is 9.81. The fourth-order valence-electron chi connectivity index (χ4n) is 2.00. The average molecular weight is 379 g/mol. The molecule has 0 aliphatic rings. The zero-order valence-electron chi connectivity index (χ0n) is 14.7. The minimum absolute atomic E-state index is 0.192. The standard InChI is InChI=1S/C17H21N3O5S/c1-3-4-10-24-16(22)12-5-7-13(8-6-12)18-14(21)9-11-26-15-17(23)25-19-20(15)2/h5-8H,3-4,9-11H2,1-2H3,(H-,18,19,21,22,23). The summed E-state index contributed by atoms with van der Waals surface area (Å²) < 4.78 is 11.0. The maximum absolute atomic E-state index is 12.0. The van der Waals surface area contributed by atoms with Crippen molar-refractivity contribution in [2.45, 2.75) is 31.2 Å². The Labute approximate surface area is 155 Å². The molecule has 8 nitrogen and oxygen atoms in total. The van der Waals surface area contributed by atoms with Crippen LogP contribution in [0.25, 0.3) is 0 Å². The van der Waals surface area contributed by atoms with Gasteiger partial charge in [0, 0.05) is 17.9 Å². The summed E-state index contributed by atoms with van der Waals surface area (Å²) in [6.07, 6.45) is 2.01. The van der Waals surface area contributed by atoms with Gasteiger partial charge in [-0.1, -0.05) is 29.8 Å². The second-order valence-electron chi connectivity index (χ2n) is 5.50. The average Bonchev–Trinajstić information content (AvgIpc) is 2.94. The van der Waals surface area contributed by atoms with Gasteiger partial charge >= 0.3 is 5.97 Å². The van der Waals surface area contributed by atoms with E-state index in [4.69, 9.17) is 4.74 Å². The molecule has 0 saturated carbocycles. The van der Waals surface area contributed by atoms with Gasteiger partial charge in [0.15, 0.2) is 13.0 Å². The Hall–Kier alpha value is -2.55. The molecule has 2 aromatic rings. The molecule has 26 heavy (non-hydrogen) atoms. The third-order valence-electron chi connectivity index (χ3n) is 3.42. The van der Waals surface area contributed by atoms with Crippen molar-refractivity contribution in [2.75, 3.05) is 17.7 Å².